The maximum Gasteiger partial charge on any atom is 0.326 e. The molecule has 0 aromatic heterocycles. The number of aliphatic hydroxyl groups excluding tert-OH is 8. The highest BCUT2D eigenvalue weighted by atomic mass is 16.8. The zero-order valence-electron chi connectivity index (χ0n) is 70.0. The zero-order valence-corrected chi connectivity index (χ0v) is 70.0. The summed E-state index contributed by atoms with van der Waals surface area (Å²) in [6.45, 7) is 4.85. The van der Waals surface area contributed by atoms with E-state index in [0.717, 1.165) is 62.3 Å². The number of aliphatic hydroxyl groups is 8. The maximum atomic E-state index is 14.3. The average molecular weight is 1820 g/mol. The minimum absolute atomic E-state index is 0.0652. The molecule has 4 aliphatic heterocycles. The van der Waals surface area contributed by atoms with Crippen LogP contribution in [0.15, 0.2) is 0 Å². The molecule has 54 nitrogen and oxygen atoms in total. The van der Waals surface area contributed by atoms with Crippen LogP contribution in [0.4, 0.5) is 0 Å². The number of rotatable bonds is 51. The number of carbonyl (C=O) groups excluding carboxylic acids is 11. The number of carbonyl (C=O) groups is 17. The Balaban J connectivity index is 1.66. The van der Waals surface area contributed by atoms with Gasteiger partial charge in [-0.25, -0.2) is 9.59 Å². The summed E-state index contributed by atoms with van der Waals surface area (Å²) in [6.07, 6.45) is -39.1. The molecule has 0 saturated carbocycles. The van der Waals surface area contributed by atoms with Crippen LogP contribution in [-0.4, -0.2) is 394 Å². The standard InChI is InChI=1S/C72H118N14O40/c1-24(57(99)85-37(67(113)114)16-18-43(94)83-35(14-10-12-33(73)65(109)110)61(103)78-26(3)63(105)106)76-59(101)28(5)118-55-47(81-31(8)92)69(117)120-41(22-89)53(55)126-71-46(80-30(7)91)51(98)52(40(21-88)122-71)124-72-48(82-32(9)93)56(54(42(23-90)123-72)125-70-45(75)50(97)49(96)39(20-87)121-70)119-29(6)60(102)77-25(2)58(100)86-38(68(115)116)17-19-44(95)84-36(15-11-13-34(74)66(111)112)62(104)79-27(4)64(107)108/h24-29,33-42,45-56,69-72,87-90,96-98,117H,10-23,73-75H2,1-9H3,(H,76,101)(H,77,102)(H,78,103)(H,79,104)(H,80,91)(H,81,92)(H,82,93)(H,83,94)(H,84,95)(H,85,99)(H,86,100)(H,105,106)(H,107,108)(H,109,110)(H,111,112)(H,113,114)(H,115,116). The van der Waals surface area contributed by atoms with Crippen molar-refractivity contribution < 1.29 is 196 Å². The van der Waals surface area contributed by atoms with Gasteiger partial charge < -0.3 is 190 Å². The molecule has 0 spiro atoms. The number of ether oxygens (including phenoxy) is 9. The van der Waals surface area contributed by atoms with Gasteiger partial charge in [-0.05, 0) is 92.9 Å². The number of carboxylic acid groups (broad SMARTS) is 6. The van der Waals surface area contributed by atoms with Gasteiger partial charge in [0.15, 0.2) is 25.2 Å². The van der Waals surface area contributed by atoms with Crippen molar-refractivity contribution in [1.29, 1.82) is 0 Å². The number of amides is 11. The van der Waals surface area contributed by atoms with Gasteiger partial charge in [0.1, 0.15) is 164 Å². The Morgan fingerprint density at radius 3 is 1.06 bits per heavy atom. The van der Waals surface area contributed by atoms with Gasteiger partial charge >= 0.3 is 35.8 Å². The Bertz CT molecular complexity index is 3740. The molecule has 126 heavy (non-hydrogen) atoms. The van der Waals surface area contributed by atoms with Crippen LogP contribution in [-0.2, 0) is 124 Å². The van der Waals surface area contributed by atoms with E-state index >= 15 is 0 Å². The minimum Gasteiger partial charge on any atom is -0.480 e. The number of aliphatic carboxylic acids is 6. The first kappa shape index (κ1) is 109. The number of hydrogen-bond acceptors (Lipinski definition) is 37. The van der Waals surface area contributed by atoms with E-state index in [1.165, 1.54) is 0 Å². The van der Waals surface area contributed by atoms with Crippen LogP contribution in [0.3, 0.4) is 0 Å². The third-order valence-electron chi connectivity index (χ3n) is 20.4. The summed E-state index contributed by atoms with van der Waals surface area (Å²) in [5, 5.41) is 171. The quantitative estimate of drug-likeness (QED) is 0.0269. The highest BCUT2D eigenvalue weighted by Gasteiger charge is 2.58. The SMILES string of the molecule is CC(=O)NC1C(OC2C(CO)OC(O)C(NC(C)=O)C2OC(C)C(=O)NC(C)C(=O)NC(CCC(=O)NC(CCCC(N)C(=O)O)C(=O)NC(C)C(=O)O)C(=O)O)OC(CO)C(OC2OC(CO)C(OC3OC(CO)C(O)C(O)C3N)C(OC(C)C(=O)NC(C)C(=O)NC(CCC(=O)NC(CCCC(N)C(=O)O)C(=O)NC(C)C(=O)O)C(=O)O)C2NC(C)=O)C1O. The summed E-state index contributed by atoms with van der Waals surface area (Å²) in [4.78, 5) is 218. The normalized spacial score (nSPS) is 28.8. The van der Waals surface area contributed by atoms with Gasteiger partial charge in [-0.15, -0.1) is 0 Å². The first-order chi connectivity index (χ1) is 58.9. The molecule has 4 fully saturated rings. The molecule has 11 amide bonds. The lowest BCUT2D eigenvalue weighted by molar-refractivity contribution is -0.365. The largest absolute Gasteiger partial charge is 0.480 e. The molecular weight excluding hydrogens is 1700 g/mol. The van der Waals surface area contributed by atoms with Crippen molar-refractivity contribution in [2.45, 2.75) is 322 Å². The Morgan fingerprint density at radius 1 is 0.341 bits per heavy atom. The highest BCUT2D eigenvalue weighted by Crippen LogP contribution is 2.37. The van der Waals surface area contributed by atoms with Crippen molar-refractivity contribution in [3.8, 4) is 0 Å². The summed E-state index contributed by atoms with van der Waals surface area (Å²) in [6, 6.07) is -23.2. The van der Waals surface area contributed by atoms with Gasteiger partial charge in [0.25, 0.3) is 0 Å². The van der Waals surface area contributed by atoms with Crippen molar-refractivity contribution in [2.75, 3.05) is 26.4 Å². The average Bonchev–Trinajstić information content (AvgIpc) is 0.760. The second kappa shape index (κ2) is 51.3. The number of nitrogens with one attached hydrogen (secondary N) is 11. The maximum absolute atomic E-state index is 14.3. The van der Waals surface area contributed by atoms with E-state index in [-0.39, 0.29) is 38.5 Å². The van der Waals surface area contributed by atoms with Gasteiger partial charge in [-0.2, -0.15) is 0 Å². The summed E-state index contributed by atoms with van der Waals surface area (Å²) in [5.74, 6) is -20.7. The molecule has 4 aliphatic rings. The Kier molecular flexibility index (Phi) is 44.1. The first-order valence-electron chi connectivity index (χ1n) is 39.8. The fourth-order valence-corrected chi connectivity index (χ4v) is 13.3. The summed E-state index contributed by atoms with van der Waals surface area (Å²) in [5.41, 5.74) is 17.4. The minimum atomic E-state index is -2.27. The topological polar surface area (TPSA) is 867 Å². The van der Waals surface area contributed by atoms with E-state index in [1.807, 2.05) is 0 Å². The number of carboxylic acids is 6. The molecule has 0 aliphatic carbocycles. The highest BCUT2D eigenvalue weighted by molar-refractivity contribution is 5.94. The van der Waals surface area contributed by atoms with Gasteiger partial charge in [-0.3, -0.25) is 71.9 Å². The second-order valence-electron chi connectivity index (χ2n) is 30.4. The third kappa shape index (κ3) is 32.5. The van der Waals surface area contributed by atoms with Crippen molar-refractivity contribution in [3.05, 3.63) is 0 Å². The van der Waals surface area contributed by atoms with Crippen LogP contribution in [0, 0.1) is 0 Å². The van der Waals surface area contributed by atoms with E-state index in [2.05, 4.69) is 58.5 Å². The molecule has 4 rings (SSSR count). The molecule has 0 radical (unpaired) electrons. The van der Waals surface area contributed by atoms with Crippen LogP contribution < -0.4 is 75.7 Å². The van der Waals surface area contributed by atoms with Crippen LogP contribution in [0.1, 0.15) is 127 Å². The smallest absolute Gasteiger partial charge is 0.326 e. The molecule has 0 aromatic carbocycles. The predicted octanol–water partition coefficient (Wildman–Crippen LogP) is -13.5. The second-order valence-corrected chi connectivity index (χ2v) is 30.4. The number of nitrogens with two attached hydrogens (primary N) is 3. The zero-order chi connectivity index (χ0) is 95.3. The molecule has 716 valence electrons. The molecule has 0 aromatic rings. The summed E-state index contributed by atoms with van der Waals surface area (Å²) >= 11 is 0. The van der Waals surface area contributed by atoms with Crippen LogP contribution in [0.25, 0.3) is 0 Å². The Hall–Kier alpha value is -9.81. The molecule has 32 unspecified atom stereocenters. The van der Waals surface area contributed by atoms with Crippen molar-refractivity contribution >= 4 is 101 Å². The molecule has 54 heteroatoms. The van der Waals surface area contributed by atoms with Crippen molar-refractivity contribution in [2.24, 2.45) is 17.2 Å². The van der Waals surface area contributed by atoms with Crippen molar-refractivity contribution in [3.63, 3.8) is 0 Å². The summed E-state index contributed by atoms with van der Waals surface area (Å²) < 4.78 is 55.2. The fourth-order valence-electron chi connectivity index (χ4n) is 13.3. The van der Waals surface area contributed by atoms with E-state index < -0.39 is 348 Å². The lowest BCUT2D eigenvalue weighted by atomic mass is 9.93. The van der Waals surface area contributed by atoms with Crippen LogP contribution in [0.2, 0.25) is 0 Å². The van der Waals surface area contributed by atoms with Gasteiger partial charge in [0.2, 0.25) is 65.0 Å². The lowest BCUT2D eigenvalue weighted by Crippen LogP contribution is -2.72. The first-order valence-corrected chi connectivity index (χ1v) is 39.8. The van der Waals surface area contributed by atoms with Gasteiger partial charge in [0.05, 0.1) is 32.5 Å². The van der Waals surface area contributed by atoms with E-state index in [9.17, 15) is 153 Å². The fraction of sp³-hybridized carbons (Fsp3) is 0.764. The molecule has 31 N–H and O–H groups in total. The van der Waals surface area contributed by atoms with E-state index in [1.54, 1.807) is 0 Å². The number of hydrogen-bond donors (Lipinski definition) is 28. The van der Waals surface area contributed by atoms with Crippen molar-refractivity contribution in [1.82, 2.24) is 58.5 Å². The lowest BCUT2D eigenvalue weighted by Gasteiger charge is -2.51. The van der Waals surface area contributed by atoms with E-state index in [0.29, 0.717) is 0 Å². The molecule has 0 bridgehead atoms. The van der Waals surface area contributed by atoms with Gasteiger partial charge in [0, 0.05) is 33.6 Å². The molecular formula is C72H118N14O40. The monoisotopic (exact) mass is 1820 g/mol. The Morgan fingerprint density at radius 2 is 0.683 bits per heavy atom. The Labute approximate surface area is 718 Å². The molecule has 32 atom stereocenters. The third-order valence-corrected chi connectivity index (χ3v) is 20.4. The van der Waals surface area contributed by atoms with E-state index in [4.69, 9.17) is 59.8 Å². The van der Waals surface area contributed by atoms with Crippen LogP contribution in [0.5, 0.6) is 0 Å². The van der Waals surface area contributed by atoms with Crippen LogP contribution >= 0.6 is 0 Å². The molecule has 4 heterocycles. The molecule has 4 saturated heterocycles. The van der Waals surface area contributed by atoms with Gasteiger partial charge in [-0.1, -0.05) is 0 Å². The predicted molar refractivity (Wildman–Crippen MR) is 413 cm³/mol. The summed E-state index contributed by atoms with van der Waals surface area (Å²) in [7, 11) is 0.